The van der Waals surface area contributed by atoms with Gasteiger partial charge in [-0.3, -0.25) is 9.97 Å². The molecule has 10 heterocycles. The molecule has 0 aliphatic carbocycles. The van der Waals surface area contributed by atoms with Crippen LogP contribution in [-0.2, 0) is 0 Å². The van der Waals surface area contributed by atoms with Gasteiger partial charge in [0.1, 0.15) is 0 Å². The fourth-order valence-electron chi connectivity index (χ4n) is 17.2. The Hall–Kier alpha value is -17.3. The normalized spacial score (nSPS) is 11.5. The average Bonchev–Trinajstić information content (AvgIpc) is 1.59. The number of hydrogen-bond donors (Lipinski definition) is 0. The molecule has 126 heavy (non-hydrogen) atoms. The monoisotopic (exact) mass is 1610 g/mol. The summed E-state index contributed by atoms with van der Waals surface area (Å²) in [7, 11) is 0. The first-order valence-corrected chi connectivity index (χ1v) is 42.0. The van der Waals surface area contributed by atoms with E-state index in [0.717, 1.165) is 167 Å². The molecule has 0 aliphatic heterocycles. The van der Waals surface area contributed by atoms with Gasteiger partial charge in [0.25, 0.3) is 0 Å². The summed E-state index contributed by atoms with van der Waals surface area (Å²) in [5, 5.41) is 9.25. The fraction of sp³-hybridized carbons (Fsp3) is 0. The van der Waals surface area contributed by atoms with Crippen molar-refractivity contribution in [3.63, 3.8) is 0 Å². The summed E-state index contributed by atoms with van der Waals surface area (Å²) in [6.07, 6.45) is 3.59. The Balaban J connectivity index is 0.000000145. The molecule has 24 rings (SSSR count). The molecular formula is C113H71N13. The van der Waals surface area contributed by atoms with Crippen molar-refractivity contribution in [2.45, 2.75) is 0 Å². The van der Waals surface area contributed by atoms with Crippen LogP contribution in [0.25, 0.3) is 234 Å². The van der Waals surface area contributed by atoms with Gasteiger partial charge in [0.2, 0.25) is 0 Å². The van der Waals surface area contributed by atoms with Crippen LogP contribution in [0.5, 0.6) is 0 Å². The van der Waals surface area contributed by atoms with Gasteiger partial charge >= 0.3 is 0 Å². The molecule has 0 N–H and O–H groups in total. The van der Waals surface area contributed by atoms with Crippen molar-refractivity contribution in [3.8, 4) is 147 Å². The van der Waals surface area contributed by atoms with E-state index in [1.807, 2.05) is 97.1 Å². The van der Waals surface area contributed by atoms with Crippen LogP contribution >= 0.6 is 0 Å². The summed E-state index contributed by atoms with van der Waals surface area (Å²) in [6, 6.07) is 145. The Labute approximate surface area is 724 Å². The highest BCUT2D eigenvalue weighted by atomic mass is 15.0. The summed E-state index contributed by atoms with van der Waals surface area (Å²) in [4.78, 5) is 54.5. The van der Waals surface area contributed by atoms with E-state index in [4.69, 9.17) is 44.9 Å². The zero-order valence-electron chi connectivity index (χ0n) is 67.8. The van der Waals surface area contributed by atoms with E-state index in [9.17, 15) is 0 Å². The molecule has 0 saturated carbocycles. The summed E-state index contributed by atoms with van der Waals surface area (Å²) >= 11 is 0. The van der Waals surface area contributed by atoms with Crippen molar-refractivity contribution in [3.05, 3.63) is 431 Å². The van der Waals surface area contributed by atoms with Crippen molar-refractivity contribution in [1.29, 1.82) is 0 Å². The van der Waals surface area contributed by atoms with E-state index in [0.29, 0.717) is 23.3 Å². The molecule has 588 valence electrons. The van der Waals surface area contributed by atoms with Crippen LogP contribution < -0.4 is 0 Å². The zero-order valence-corrected chi connectivity index (χ0v) is 67.8. The number of aromatic nitrogens is 13. The molecular weight excluding hydrogens is 1540 g/mol. The van der Waals surface area contributed by atoms with Gasteiger partial charge in [0.05, 0.1) is 89.7 Å². The molecule has 13 nitrogen and oxygen atoms in total. The van der Waals surface area contributed by atoms with Gasteiger partial charge in [-0.05, 0) is 162 Å². The van der Waals surface area contributed by atoms with Crippen LogP contribution in [0.4, 0.5) is 0 Å². The molecule has 0 aliphatic rings. The maximum Gasteiger partial charge on any atom is 0.164 e. The minimum absolute atomic E-state index is 0.610. The predicted molar refractivity (Wildman–Crippen MR) is 513 cm³/mol. The lowest BCUT2D eigenvalue weighted by molar-refractivity contribution is 1.07. The molecule has 0 bridgehead atoms. The number of fused-ring (bicyclic) bond motifs is 10. The SMILES string of the molecule is c1ccc(-c2nc(-c3ccc(-c4ccc5ccc(-c6ccc7ccc(-c8ccccn8)nc7c6)nc5c4)cc3)cc(-c3ccc(-n4c5ccccc5c5ccccc54)cc3)n2)cc1.c1ccc(-c2nc(-c3ccc(-c4ccc5ccc(-c6ccc7ccc(-c8ccccn8)nc7c6)nc5c4)cc3)nc(-c3ccc(-n4c5ccccc5c5ccccc54)cc3)n2)cc1. The second-order valence-electron chi connectivity index (χ2n) is 31.3. The Morgan fingerprint density at radius 1 is 0.151 bits per heavy atom. The number of rotatable bonds is 14. The molecule has 14 aromatic carbocycles. The number of pyridine rings is 6. The van der Waals surface area contributed by atoms with Crippen LogP contribution in [0.1, 0.15) is 0 Å². The van der Waals surface area contributed by atoms with Gasteiger partial charge in [-0.15, -0.1) is 0 Å². The Kier molecular flexibility index (Phi) is 18.6. The van der Waals surface area contributed by atoms with Gasteiger partial charge < -0.3 is 9.13 Å². The van der Waals surface area contributed by atoms with E-state index in [2.05, 4.69) is 341 Å². The second kappa shape index (κ2) is 31.7. The van der Waals surface area contributed by atoms with E-state index < -0.39 is 0 Å². The number of hydrogen-bond acceptors (Lipinski definition) is 11. The van der Waals surface area contributed by atoms with Crippen LogP contribution in [0, 0.1) is 0 Å². The van der Waals surface area contributed by atoms with Gasteiger partial charge in [0.15, 0.2) is 23.3 Å². The number of benzene rings is 14. The van der Waals surface area contributed by atoms with Gasteiger partial charge in [-0.1, -0.05) is 279 Å². The van der Waals surface area contributed by atoms with E-state index in [-0.39, 0.29) is 0 Å². The second-order valence-corrected chi connectivity index (χ2v) is 31.3. The minimum Gasteiger partial charge on any atom is -0.309 e. The van der Waals surface area contributed by atoms with Crippen LogP contribution in [0.3, 0.4) is 0 Å². The van der Waals surface area contributed by atoms with Crippen molar-refractivity contribution in [1.82, 2.24) is 64.0 Å². The molecule has 0 saturated heterocycles. The Morgan fingerprint density at radius 3 is 0.794 bits per heavy atom. The van der Waals surface area contributed by atoms with E-state index >= 15 is 0 Å². The van der Waals surface area contributed by atoms with E-state index in [1.165, 1.54) is 43.6 Å². The molecule has 0 atom stereocenters. The van der Waals surface area contributed by atoms with Gasteiger partial charge in [-0.25, -0.2) is 44.9 Å². The van der Waals surface area contributed by atoms with Crippen molar-refractivity contribution < 1.29 is 0 Å². The highest BCUT2D eigenvalue weighted by Crippen LogP contribution is 2.40. The lowest BCUT2D eigenvalue weighted by Gasteiger charge is -2.12. The standard InChI is InChI=1S/C57H36N6.C56H35N7/c1-2-10-42(11-3-1)57-61-53(36-54(62-57)41-25-29-45(30-26-41)63-55-15-6-4-12-46(55)47-13-5-7-16-56(47)63)38-19-17-37(18-20-38)43-23-21-39-27-31-48(59-51(39)34-43)44-24-22-40-28-32-50(60-52(40)35-44)49-14-8-9-33-58-49;1-2-10-39(11-3-1)54-60-55(62-56(61-54)41-25-29-44(30-26-41)63-52-15-6-4-12-45(52)46-13-5-7-16-53(46)63)40-21-17-36(18-22-40)42-23-19-37-27-31-47(58-50(37)34-42)43-24-20-38-28-32-49(59-51(38)35-43)48-14-8-9-33-57-48/h1-36H;1-35H. The van der Waals surface area contributed by atoms with Crippen LogP contribution in [0.15, 0.2) is 431 Å². The lowest BCUT2D eigenvalue weighted by Crippen LogP contribution is -2.00. The van der Waals surface area contributed by atoms with Crippen molar-refractivity contribution in [2.24, 2.45) is 0 Å². The van der Waals surface area contributed by atoms with Crippen molar-refractivity contribution >= 4 is 87.2 Å². The molecule has 0 unspecified atom stereocenters. The first-order chi connectivity index (χ1) is 62.4. The summed E-state index contributed by atoms with van der Waals surface area (Å²) in [6.45, 7) is 0. The first kappa shape index (κ1) is 73.8. The maximum absolute atomic E-state index is 5.15. The summed E-state index contributed by atoms with van der Waals surface area (Å²) in [5.74, 6) is 2.53. The van der Waals surface area contributed by atoms with E-state index in [1.54, 1.807) is 12.4 Å². The molecule has 0 fully saturated rings. The maximum atomic E-state index is 5.15. The van der Waals surface area contributed by atoms with Crippen molar-refractivity contribution in [2.75, 3.05) is 0 Å². The third kappa shape index (κ3) is 14.1. The Bertz CT molecular complexity index is 7700. The molecule has 0 spiro atoms. The quantitative estimate of drug-likeness (QED) is 0.102. The largest absolute Gasteiger partial charge is 0.309 e. The smallest absolute Gasteiger partial charge is 0.164 e. The van der Waals surface area contributed by atoms with Gasteiger partial charge in [0, 0.05) is 111 Å². The Morgan fingerprint density at radius 2 is 0.421 bits per heavy atom. The minimum atomic E-state index is 0.610. The zero-order chi connectivity index (χ0) is 83.4. The van der Waals surface area contributed by atoms with Crippen LogP contribution in [0.2, 0.25) is 0 Å². The third-order valence-electron chi connectivity index (χ3n) is 23.6. The molecule has 13 heteroatoms. The number of para-hydroxylation sites is 4. The highest BCUT2D eigenvalue weighted by molar-refractivity contribution is 6.10. The van der Waals surface area contributed by atoms with Gasteiger partial charge in [-0.2, -0.15) is 0 Å². The van der Waals surface area contributed by atoms with Crippen LogP contribution in [-0.4, -0.2) is 64.0 Å². The third-order valence-corrected chi connectivity index (χ3v) is 23.6. The topological polar surface area (TPSA) is 152 Å². The lowest BCUT2D eigenvalue weighted by atomic mass is 10.00. The molecule has 10 aromatic heterocycles. The summed E-state index contributed by atoms with van der Waals surface area (Å²) < 4.78 is 4.65. The average molecular weight is 1610 g/mol. The molecule has 0 radical (unpaired) electrons. The number of nitrogens with zero attached hydrogens (tertiary/aromatic N) is 13. The first-order valence-electron chi connectivity index (χ1n) is 42.0. The highest BCUT2D eigenvalue weighted by Gasteiger charge is 2.20. The molecule has 0 amide bonds. The predicted octanol–water partition coefficient (Wildman–Crippen LogP) is 27.5. The molecule has 24 aromatic rings. The summed E-state index contributed by atoms with van der Waals surface area (Å²) in [5.41, 5.74) is 29.6. The fourth-order valence-corrected chi connectivity index (χ4v) is 17.2.